The molecule has 1 fully saturated rings. The Kier molecular flexibility index (Phi) is 3.47. The number of likely N-dealkylation sites (tertiary alicyclic amines) is 1. The maximum absolute atomic E-state index is 11.7. The molecule has 2 N–H and O–H groups in total. The highest BCUT2D eigenvalue weighted by atomic mass is 79.9. The number of amides is 2. The van der Waals surface area contributed by atoms with E-state index in [4.69, 9.17) is 5.73 Å². The lowest BCUT2D eigenvalue weighted by atomic mass is 10.1. The highest BCUT2D eigenvalue weighted by Crippen LogP contribution is 2.26. The Morgan fingerprint density at radius 2 is 1.88 bits per heavy atom. The molecule has 1 aliphatic rings. The summed E-state index contributed by atoms with van der Waals surface area (Å²) in [5, 5.41) is 0. The van der Waals surface area contributed by atoms with Crippen molar-refractivity contribution in [2.45, 2.75) is 25.8 Å². The van der Waals surface area contributed by atoms with E-state index in [1.54, 1.807) is 6.07 Å². The Balaban J connectivity index is 2.25. The molecule has 17 heavy (non-hydrogen) atoms. The van der Waals surface area contributed by atoms with Gasteiger partial charge in [-0.25, -0.2) is 0 Å². The van der Waals surface area contributed by atoms with Crippen molar-refractivity contribution < 1.29 is 9.59 Å². The van der Waals surface area contributed by atoms with Crippen molar-refractivity contribution in [2.75, 3.05) is 5.73 Å². The molecule has 4 nitrogen and oxygen atoms in total. The number of nitrogens with two attached hydrogens (primary N) is 1. The quantitative estimate of drug-likeness (QED) is 0.671. The topological polar surface area (TPSA) is 63.4 Å². The lowest BCUT2D eigenvalue weighted by Crippen LogP contribution is -2.39. The molecular formula is C12H13BrN2O2. The van der Waals surface area contributed by atoms with Crippen LogP contribution in [0.15, 0.2) is 22.7 Å². The van der Waals surface area contributed by atoms with E-state index in [-0.39, 0.29) is 18.4 Å². The molecule has 1 saturated heterocycles. The minimum atomic E-state index is -0.114. The van der Waals surface area contributed by atoms with Crippen LogP contribution in [0.3, 0.4) is 0 Å². The molecule has 0 unspecified atom stereocenters. The minimum Gasteiger partial charge on any atom is -0.398 e. The first kappa shape index (κ1) is 12.1. The summed E-state index contributed by atoms with van der Waals surface area (Å²) in [7, 11) is 0. The zero-order valence-electron chi connectivity index (χ0n) is 9.28. The van der Waals surface area contributed by atoms with Crippen molar-refractivity contribution in [3.63, 3.8) is 0 Å². The fraction of sp³-hybridized carbons (Fsp3) is 0.333. The summed E-state index contributed by atoms with van der Waals surface area (Å²) in [6, 6.07) is 5.44. The fourth-order valence-electron chi connectivity index (χ4n) is 1.88. The van der Waals surface area contributed by atoms with Gasteiger partial charge in [0.2, 0.25) is 11.8 Å². The molecule has 1 aliphatic heterocycles. The number of rotatable bonds is 2. The van der Waals surface area contributed by atoms with Crippen LogP contribution in [0.25, 0.3) is 0 Å². The lowest BCUT2D eigenvalue weighted by Gasteiger charge is -2.25. The number of imide groups is 1. The Morgan fingerprint density at radius 1 is 1.24 bits per heavy atom. The average molecular weight is 297 g/mol. The molecule has 0 spiro atoms. The maximum atomic E-state index is 11.7. The second-order valence-electron chi connectivity index (χ2n) is 4.03. The van der Waals surface area contributed by atoms with Crippen molar-refractivity contribution in [3.05, 3.63) is 28.2 Å². The van der Waals surface area contributed by atoms with Crippen LogP contribution in [0.1, 0.15) is 24.8 Å². The number of carbonyl (C=O) groups is 2. The van der Waals surface area contributed by atoms with E-state index in [2.05, 4.69) is 15.9 Å². The Labute approximate surface area is 108 Å². The predicted molar refractivity (Wildman–Crippen MR) is 68.0 cm³/mol. The third kappa shape index (κ3) is 2.49. The summed E-state index contributed by atoms with van der Waals surface area (Å²) in [5.41, 5.74) is 7.23. The van der Waals surface area contributed by atoms with Crippen LogP contribution >= 0.6 is 15.9 Å². The second kappa shape index (κ2) is 4.87. The van der Waals surface area contributed by atoms with Gasteiger partial charge in [-0.3, -0.25) is 14.5 Å². The van der Waals surface area contributed by atoms with Gasteiger partial charge in [-0.15, -0.1) is 0 Å². The predicted octanol–water partition coefficient (Wildman–Crippen LogP) is 2.07. The number of anilines is 1. The zero-order valence-corrected chi connectivity index (χ0v) is 10.9. The van der Waals surface area contributed by atoms with E-state index in [1.807, 2.05) is 12.1 Å². The van der Waals surface area contributed by atoms with Gasteiger partial charge in [0.05, 0.1) is 6.54 Å². The van der Waals surface area contributed by atoms with Gasteiger partial charge in [0, 0.05) is 28.6 Å². The van der Waals surface area contributed by atoms with Crippen molar-refractivity contribution in [2.24, 2.45) is 0 Å². The monoisotopic (exact) mass is 296 g/mol. The molecule has 1 aromatic rings. The molecule has 0 saturated carbocycles. The summed E-state index contributed by atoms with van der Waals surface area (Å²) in [5.74, 6) is -0.229. The molecule has 0 bridgehead atoms. The van der Waals surface area contributed by atoms with Crippen LogP contribution in [0.5, 0.6) is 0 Å². The minimum absolute atomic E-state index is 0.114. The molecule has 1 heterocycles. The third-order valence-electron chi connectivity index (χ3n) is 2.85. The molecular weight excluding hydrogens is 284 g/mol. The smallest absolute Gasteiger partial charge is 0.229 e. The van der Waals surface area contributed by atoms with Gasteiger partial charge in [-0.05, 0) is 18.6 Å². The largest absolute Gasteiger partial charge is 0.398 e. The summed E-state index contributed by atoms with van der Waals surface area (Å²) in [6.07, 6.45) is 1.53. The van der Waals surface area contributed by atoms with Crippen molar-refractivity contribution in [3.8, 4) is 0 Å². The molecule has 2 amide bonds. The van der Waals surface area contributed by atoms with Gasteiger partial charge < -0.3 is 5.73 Å². The molecule has 0 radical (unpaired) electrons. The van der Waals surface area contributed by atoms with Gasteiger partial charge in [0.1, 0.15) is 0 Å². The van der Waals surface area contributed by atoms with Crippen molar-refractivity contribution in [1.29, 1.82) is 0 Å². The van der Waals surface area contributed by atoms with Gasteiger partial charge >= 0.3 is 0 Å². The highest BCUT2D eigenvalue weighted by molar-refractivity contribution is 9.10. The molecule has 5 heteroatoms. The van der Waals surface area contributed by atoms with E-state index in [0.717, 1.165) is 10.0 Å². The lowest BCUT2D eigenvalue weighted by molar-refractivity contribution is -0.148. The van der Waals surface area contributed by atoms with Gasteiger partial charge in [-0.1, -0.05) is 22.0 Å². The number of benzene rings is 1. The van der Waals surface area contributed by atoms with Gasteiger partial charge in [0.15, 0.2) is 0 Å². The summed E-state index contributed by atoms with van der Waals surface area (Å²) < 4.78 is 0.823. The Morgan fingerprint density at radius 3 is 2.47 bits per heavy atom. The summed E-state index contributed by atoms with van der Waals surface area (Å²) in [6.45, 7) is 0.255. The second-order valence-corrected chi connectivity index (χ2v) is 4.89. The molecule has 0 aliphatic carbocycles. The molecule has 1 aromatic carbocycles. The fourth-order valence-corrected chi connectivity index (χ4v) is 2.38. The number of halogens is 1. The SMILES string of the molecule is Nc1cccc(Br)c1CN1C(=O)CCCC1=O. The zero-order chi connectivity index (χ0) is 12.4. The number of hydrogen-bond acceptors (Lipinski definition) is 3. The molecule has 0 aromatic heterocycles. The third-order valence-corrected chi connectivity index (χ3v) is 3.60. The average Bonchev–Trinajstić information content (AvgIpc) is 2.27. The number of nitrogens with zero attached hydrogens (tertiary/aromatic N) is 1. The highest BCUT2D eigenvalue weighted by Gasteiger charge is 2.26. The Bertz CT molecular complexity index is 437. The number of hydrogen-bond donors (Lipinski definition) is 1. The van der Waals surface area contributed by atoms with E-state index in [1.165, 1.54) is 4.90 Å². The normalized spacial score (nSPS) is 16.4. The van der Waals surface area contributed by atoms with Crippen molar-refractivity contribution in [1.82, 2.24) is 4.90 Å². The van der Waals surface area contributed by atoms with E-state index in [9.17, 15) is 9.59 Å². The first-order valence-electron chi connectivity index (χ1n) is 5.45. The maximum Gasteiger partial charge on any atom is 0.229 e. The first-order chi connectivity index (χ1) is 8.09. The van der Waals surface area contributed by atoms with Crippen LogP contribution < -0.4 is 5.73 Å². The first-order valence-corrected chi connectivity index (χ1v) is 6.25. The van der Waals surface area contributed by atoms with Crippen LogP contribution in [-0.2, 0) is 16.1 Å². The molecule has 0 atom stereocenters. The van der Waals surface area contributed by atoms with Crippen molar-refractivity contribution >= 4 is 33.4 Å². The summed E-state index contributed by atoms with van der Waals surface area (Å²) in [4.78, 5) is 24.7. The van der Waals surface area contributed by atoms with Crippen LogP contribution in [0.2, 0.25) is 0 Å². The van der Waals surface area contributed by atoms with Gasteiger partial charge in [0.25, 0.3) is 0 Å². The standard InChI is InChI=1S/C12H13BrN2O2/c13-9-3-1-4-10(14)8(9)7-15-11(16)5-2-6-12(15)17/h1,3-4H,2,5-7,14H2. The van der Waals surface area contributed by atoms with Crippen LogP contribution in [0.4, 0.5) is 5.69 Å². The molecule has 90 valence electrons. The van der Waals surface area contributed by atoms with E-state index in [0.29, 0.717) is 24.9 Å². The number of carbonyl (C=O) groups excluding carboxylic acids is 2. The van der Waals surface area contributed by atoms with E-state index >= 15 is 0 Å². The van der Waals surface area contributed by atoms with Gasteiger partial charge in [-0.2, -0.15) is 0 Å². The van der Waals surface area contributed by atoms with E-state index < -0.39 is 0 Å². The number of piperidine rings is 1. The van der Waals surface area contributed by atoms with Crippen LogP contribution in [0, 0.1) is 0 Å². The number of nitrogen functional groups attached to an aromatic ring is 1. The summed E-state index contributed by atoms with van der Waals surface area (Å²) >= 11 is 3.38. The Hall–Kier alpha value is -1.36. The molecule has 2 rings (SSSR count). The van der Waals surface area contributed by atoms with Crippen LogP contribution in [-0.4, -0.2) is 16.7 Å².